The van der Waals surface area contributed by atoms with Gasteiger partial charge in [-0.15, -0.1) is 0 Å². The maximum atomic E-state index is 11.9. The number of aliphatic hydroxyl groups excluding tert-OH is 1. The molecule has 2 atom stereocenters. The molecular weight excluding hydrogens is 192 g/mol. The summed E-state index contributed by atoms with van der Waals surface area (Å²) in [6.45, 7) is 7.40. The van der Waals surface area contributed by atoms with Gasteiger partial charge in [-0.25, -0.2) is 0 Å². The van der Waals surface area contributed by atoms with E-state index < -0.39 is 6.10 Å². The first-order chi connectivity index (χ1) is 6.81. The van der Waals surface area contributed by atoms with Gasteiger partial charge in [0.25, 0.3) is 0 Å². The normalized spacial score (nSPS) is 26.7. The van der Waals surface area contributed by atoms with Crippen LogP contribution in [0.15, 0.2) is 0 Å². The van der Waals surface area contributed by atoms with Crippen LogP contribution < -0.4 is 5.32 Å². The Balaban J connectivity index is 2.52. The number of likely N-dealkylation sites (N-methyl/N-ethyl adjacent to an activating group) is 1. The minimum absolute atomic E-state index is 0.00231. The molecule has 4 nitrogen and oxygen atoms in total. The maximum absolute atomic E-state index is 11.9. The number of hydrogen-bond acceptors (Lipinski definition) is 3. The van der Waals surface area contributed by atoms with Crippen molar-refractivity contribution in [1.82, 2.24) is 10.2 Å². The molecule has 1 saturated heterocycles. The van der Waals surface area contributed by atoms with E-state index in [0.717, 1.165) is 0 Å². The third-order valence-corrected chi connectivity index (χ3v) is 2.72. The molecule has 0 aromatic rings. The van der Waals surface area contributed by atoms with Crippen molar-refractivity contribution in [3.8, 4) is 0 Å². The number of hydrogen-bond donors (Lipinski definition) is 2. The second-order valence-electron chi connectivity index (χ2n) is 5.54. The van der Waals surface area contributed by atoms with E-state index in [9.17, 15) is 9.90 Å². The Morgan fingerprint density at radius 1 is 1.47 bits per heavy atom. The Morgan fingerprint density at radius 3 is 2.47 bits per heavy atom. The van der Waals surface area contributed by atoms with Crippen LogP contribution in [0.3, 0.4) is 0 Å². The Kier molecular flexibility index (Phi) is 3.73. The summed E-state index contributed by atoms with van der Waals surface area (Å²) in [4.78, 5) is 13.6. The zero-order valence-corrected chi connectivity index (χ0v) is 10.1. The monoisotopic (exact) mass is 214 g/mol. The number of β-amino-alcohol motifs (C(OH)–C–C–N with tert-alkyl or cyclic N) is 1. The van der Waals surface area contributed by atoms with E-state index in [1.807, 2.05) is 20.8 Å². The van der Waals surface area contributed by atoms with Crippen LogP contribution in [0.2, 0.25) is 0 Å². The average molecular weight is 214 g/mol. The molecule has 0 saturated carbocycles. The van der Waals surface area contributed by atoms with E-state index in [1.165, 1.54) is 0 Å². The van der Waals surface area contributed by atoms with Gasteiger partial charge in [-0.3, -0.25) is 4.79 Å². The smallest absolute Gasteiger partial charge is 0.223 e. The number of amides is 1. The molecule has 1 fully saturated rings. The van der Waals surface area contributed by atoms with Crippen molar-refractivity contribution >= 4 is 5.91 Å². The fourth-order valence-electron chi connectivity index (χ4n) is 1.81. The van der Waals surface area contributed by atoms with Gasteiger partial charge in [0.1, 0.15) is 0 Å². The molecule has 1 aliphatic heterocycles. The van der Waals surface area contributed by atoms with Crippen LogP contribution in [0.4, 0.5) is 0 Å². The number of rotatable bonds is 2. The van der Waals surface area contributed by atoms with E-state index in [2.05, 4.69) is 5.32 Å². The first kappa shape index (κ1) is 12.5. The molecule has 88 valence electrons. The van der Waals surface area contributed by atoms with Gasteiger partial charge in [0.05, 0.1) is 12.1 Å². The molecular formula is C11H22N2O2. The standard InChI is InChI=1S/C11H22N2O2/c1-11(2,3)5-10(15)13(4)8-6-12-7-9(8)14/h8-9,12,14H,5-7H2,1-4H3/t8-,9-/m0/s1. The van der Waals surface area contributed by atoms with Gasteiger partial charge in [-0.1, -0.05) is 20.8 Å². The van der Waals surface area contributed by atoms with E-state index in [0.29, 0.717) is 19.5 Å². The van der Waals surface area contributed by atoms with Gasteiger partial charge in [0.15, 0.2) is 0 Å². The average Bonchev–Trinajstić information content (AvgIpc) is 2.47. The Morgan fingerprint density at radius 2 is 2.07 bits per heavy atom. The van der Waals surface area contributed by atoms with Crippen LogP contribution in [-0.4, -0.2) is 48.2 Å². The lowest BCUT2D eigenvalue weighted by molar-refractivity contribution is -0.135. The molecule has 0 aliphatic carbocycles. The second-order valence-corrected chi connectivity index (χ2v) is 5.54. The highest BCUT2D eigenvalue weighted by atomic mass is 16.3. The second kappa shape index (κ2) is 4.49. The topological polar surface area (TPSA) is 52.6 Å². The molecule has 0 aromatic carbocycles. The van der Waals surface area contributed by atoms with Gasteiger partial charge in [-0.05, 0) is 5.41 Å². The molecule has 0 radical (unpaired) electrons. The van der Waals surface area contributed by atoms with Crippen LogP contribution in [0.25, 0.3) is 0 Å². The summed E-state index contributed by atoms with van der Waals surface area (Å²) in [5.74, 6) is 0.107. The van der Waals surface area contributed by atoms with Gasteiger partial charge in [-0.2, -0.15) is 0 Å². The van der Waals surface area contributed by atoms with E-state index in [-0.39, 0.29) is 17.4 Å². The van der Waals surface area contributed by atoms with Gasteiger partial charge < -0.3 is 15.3 Å². The molecule has 1 rings (SSSR count). The Hall–Kier alpha value is -0.610. The predicted octanol–water partition coefficient (Wildman–Crippen LogP) is 0.214. The summed E-state index contributed by atoms with van der Waals surface area (Å²) in [7, 11) is 1.77. The SMILES string of the molecule is CN(C(=O)CC(C)(C)C)[C@H]1CNC[C@@H]1O. The molecule has 1 amide bonds. The first-order valence-corrected chi connectivity index (χ1v) is 5.46. The summed E-state index contributed by atoms with van der Waals surface area (Å²) < 4.78 is 0. The minimum Gasteiger partial charge on any atom is -0.390 e. The van der Waals surface area contributed by atoms with Crippen LogP contribution in [0, 0.1) is 5.41 Å². The van der Waals surface area contributed by atoms with Crippen LogP contribution in [-0.2, 0) is 4.79 Å². The van der Waals surface area contributed by atoms with Crippen molar-refractivity contribution in [1.29, 1.82) is 0 Å². The molecule has 15 heavy (non-hydrogen) atoms. The quantitative estimate of drug-likeness (QED) is 0.691. The summed E-state index contributed by atoms with van der Waals surface area (Å²) >= 11 is 0. The third kappa shape index (κ3) is 3.47. The zero-order valence-electron chi connectivity index (χ0n) is 10.1. The highest BCUT2D eigenvalue weighted by Crippen LogP contribution is 2.21. The van der Waals surface area contributed by atoms with Crippen LogP contribution in [0.1, 0.15) is 27.2 Å². The molecule has 0 spiro atoms. The Labute approximate surface area is 91.6 Å². The predicted molar refractivity (Wildman–Crippen MR) is 59.5 cm³/mol. The molecule has 1 heterocycles. The Bertz CT molecular complexity index is 235. The lowest BCUT2D eigenvalue weighted by Crippen LogP contribution is -2.45. The number of nitrogens with zero attached hydrogens (tertiary/aromatic N) is 1. The number of carbonyl (C=O) groups is 1. The molecule has 2 N–H and O–H groups in total. The first-order valence-electron chi connectivity index (χ1n) is 5.46. The van der Waals surface area contributed by atoms with E-state index >= 15 is 0 Å². The number of aliphatic hydroxyl groups is 1. The fraction of sp³-hybridized carbons (Fsp3) is 0.909. The lowest BCUT2D eigenvalue weighted by atomic mass is 9.91. The van der Waals surface area contributed by atoms with Crippen molar-refractivity contribution in [3.05, 3.63) is 0 Å². The number of carbonyl (C=O) groups excluding carboxylic acids is 1. The van der Waals surface area contributed by atoms with Crippen LogP contribution in [0.5, 0.6) is 0 Å². The maximum Gasteiger partial charge on any atom is 0.223 e. The largest absolute Gasteiger partial charge is 0.390 e. The van der Waals surface area contributed by atoms with Crippen molar-refractivity contribution in [2.45, 2.75) is 39.3 Å². The van der Waals surface area contributed by atoms with Crippen molar-refractivity contribution in [2.24, 2.45) is 5.41 Å². The van der Waals surface area contributed by atoms with Gasteiger partial charge in [0, 0.05) is 26.6 Å². The highest BCUT2D eigenvalue weighted by Gasteiger charge is 2.32. The van der Waals surface area contributed by atoms with E-state index in [4.69, 9.17) is 0 Å². The molecule has 0 bridgehead atoms. The number of nitrogens with one attached hydrogen (secondary N) is 1. The third-order valence-electron chi connectivity index (χ3n) is 2.72. The summed E-state index contributed by atoms with van der Waals surface area (Å²) in [6.07, 6.45) is 0.0890. The van der Waals surface area contributed by atoms with Crippen molar-refractivity contribution < 1.29 is 9.90 Å². The fourth-order valence-corrected chi connectivity index (χ4v) is 1.81. The van der Waals surface area contributed by atoms with E-state index in [1.54, 1.807) is 11.9 Å². The molecule has 4 heteroatoms. The molecule has 0 unspecified atom stereocenters. The van der Waals surface area contributed by atoms with Gasteiger partial charge >= 0.3 is 0 Å². The van der Waals surface area contributed by atoms with Crippen LogP contribution >= 0.6 is 0 Å². The summed E-state index contributed by atoms with van der Waals surface area (Å²) in [5, 5.41) is 12.7. The van der Waals surface area contributed by atoms with Crippen molar-refractivity contribution in [3.63, 3.8) is 0 Å². The molecule has 0 aromatic heterocycles. The van der Waals surface area contributed by atoms with Gasteiger partial charge in [0.2, 0.25) is 5.91 Å². The molecule has 1 aliphatic rings. The summed E-state index contributed by atoms with van der Waals surface area (Å²) in [5.41, 5.74) is 0.00231. The minimum atomic E-state index is -0.432. The highest BCUT2D eigenvalue weighted by molar-refractivity contribution is 5.77. The lowest BCUT2D eigenvalue weighted by Gasteiger charge is -2.29. The zero-order chi connectivity index (χ0) is 11.6. The van der Waals surface area contributed by atoms with Crippen molar-refractivity contribution in [2.75, 3.05) is 20.1 Å². The summed E-state index contributed by atoms with van der Waals surface area (Å²) in [6, 6.07) is -0.0696.